The highest BCUT2D eigenvalue weighted by Gasteiger charge is 2.33. The van der Waals surface area contributed by atoms with Crippen molar-refractivity contribution in [3.63, 3.8) is 0 Å². The maximum Gasteiger partial charge on any atom is 0.126 e. The van der Waals surface area contributed by atoms with Gasteiger partial charge in [-0.15, -0.1) is 0 Å². The summed E-state index contributed by atoms with van der Waals surface area (Å²) in [7, 11) is 0. The van der Waals surface area contributed by atoms with Gasteiger partial charge in [-0.2, -0.15) is 0 Å². The van der Waals surface area contributed by atoms with Crippen LogP contribution in [0.3, 0.4) is 0 Å². The summed E-state index contributed by atoms with van der Waals surface area (Å²) in [4.78, 5) is 2.43. The van der Waals surface area contributed by atoms with Crippen molar-refractivity contribution >= 4 is 0 Å². The van der Waals surface area contributed by atoms with E-state index in [4.69, 9.17) is 0 Å². The molecule has 0 aromatic heterocycles. The summed E-state index contributed by atoms with van der Waals surface area (Å²) in [6, 6.07) is 7.31. The van der Waals surface area contributed by atoms with E-state index in [1.807, 2.05) is 12.1 Å². The molecule has 1 unspecified atom stereocenters. The molecule has 0 bridgehead atoms. The molecule has 0 aliphatic heterocycles. The van der Waals surface area contributed by atoms with Crippen molar-refractivity contribution < 1.29 is 4.39 Å². The van der Waals surface area contributed by atoms with Crippen LogP contribution in [0.15, 0.2) is 24.3 Å². The van der Waals surface area contributed by atoms with Crippen LogP contribution in [0, 0.1) is 5.82 Å². The van der Waals surface area contributed by atoms with Crippen LogP contribution in [0.1, 0.15) is 40.2 Å². The third-order valence-corrected chi connectivity index (χ3v) is 4.26. The molecule has 1 aromatic carbocycles. The second-order valence-corrected chi connectivity index (χ2v) is 5.73. The third kappa shape index (κ3) is 4.03. The molecule has 114 valence electrons. The molecule has 0 radical (unpaired) electrons. The fourth-order valence-corrected chi connectivity index (χ4v) is 2.96. The van der Waals surface area contributed by atoms with E-state index in [0.29, 0.717) is 6.42 Å². The Kier molecular flexibility index (Phi) is 6.63. The van der Waals surface area contributed by atoms with Gasteiger partial charge in [0, 0.05) is 11.6 Å². The molecule has 1 atom stereocenters. The summed E-state index contributed by atoms with van der Waals surface area (Å²) in [6.45, 7) is 13.8. The monoisotopic (exact) mass is 280 g/mol. The van der Waals surface area contributed by atoms with Gasteiger partial charge in [-0.25, -0.2) is 4.39 Å². The number of nitrogens with one attached hydrogen (secondary N) is 1. The van der Waals surface area contributed by atoms with Crippen molar-refractivity contribution in [1.29, 1.82) is 0 Å². The van der Waals surface area contributed by atoms with Gasteiger partial charge in [0.15, 0.2) is 0 Å². The summed E-state index contributed by atoms with van der Waals surface area (Å²) >= 11 is 0. The van der Waals surface area contributed by atoms with Gasteiger partial charge >= 0.3 is 0 Å². The molecule has 1 aromatic rings. The van der Waals surface area contributed by atoms with Gasteiger partial charge in [-0.1, -0.05) is 39.0 Å². The van der Waals surface area contributed by atoms with Crippen LogP contribution >= 0.6 is 0 Å². The molecule has 0 saturated carbocycles. The Bertz CT molecular complexity index is 400. The van der Waals surface area contributed by atoms with Crippen LogP contribution in [0.5, 0.6) is 0 Å². The van der Waals surface area contributed by atoms with E-state index < -0.39 is 0 Å². The summed E-state index contributed by atoms with van der Waals surface area (Å²) in [5.41, 5.74) is 0.778. The minimum absolute atomic E-state index is 0.0121. The van der Waals surface area contributed by atoms with Gasteiger partial charge in [-0.3, -0.25) is 4.90 Å². The van der Waals surface area contributed by atoms with E-state index in [0.717, 1.165) is 25.2 Å². The summed E-state index contributed by atoms with van der Waals surface area (Å²) in [5, 5.41) is 3.54. The van der Waals surface area contributed by atoms with Gasteiger partial charge < -0.3 is 5.32 Å². The standard InChI is InChI=1S/C17H29FN2/c1-6-19-16(17(4,5)20(7-2)8-3)13-14-11-9-10-12-15(14)18/h9-12,16,19H,6-8,13H2,1-5H3. The van der Waals surface area contributed by atoms with Crippen molar-refractivity contribution in [2.45, 2.75) is 52.6 Å². The zero-order chi connectivity index (χ0) is 15.2. The molecular weight excluding hydrogens is 251 g/mol. The first kappa shape index (κ1) is 17.1. The van der Waals surface area contributed by atoms with E-state index >= 15 is 0 Å². The van der Waals surface area contributed by atoms with Crippen molar-refractivity contribution in [3.05, 3.63) is 35.6 Å². The topological polar surface area (TPSA) is 15.3 Å². The Morgan fingerprint density at radius 2 is 1.75 bits per heavy atom. The van der Waals surface area contributed by atoms with Crippen molar-refractivity contribution in [1.82, 2.24) is 10.2 Å². The fourth-order valence-electron chi connectivity index (χ4n) is 2.96. The maximum atomic E-state index is 13.9. The third-order valence-electron chi connectivity index (χ3n) is 4.26. The van der Waals surface area contributed by atoms with Gasteiger partial charge in [0.25, 0.3) is 0 Å². The Hall–Kier alpha value is -0.930. The second kappa shape index (κ2) is 7.75. The predicted molar refractivity (Wildman–Crippen MR) is 84.6 cm³/mol. The summed E-state index contributed by atoms with van der Waals surface area (Å²) in [5.74, 6) is -0.106. The van der Waals surface area contributed by atoms with Crippen LogP contribution < -0.4 is 5.32 Å². The van der Waals surface area contributed by atoms with Crippen molar-refractivity contribution in [2.24, 2.45) is 0 Å². The van der Waals surface area contributed by atoms with E-state index in [1.165, 1.54) is 0 Å². The molecule has 3 heteroatoms. The normalized spacial score (nSPS) is 13.8. The molecule has 1 rings (SSSR count). The van der Waals surface area contributed by atoms with E-state index in [9.17, 15) is 4.39 Å². The van der Waals surface area contributed by atoms with Crippen LogP contribution in [-0.4, -0.2) is 36.1 Å². The van der Waals surface area contributed by atoms with Crippen LogP contribution in [0.4, 0.5) is 4.39 Å². The van der Waals surface area contributed by atoms with Crippen molar-refractivity contribution in [3.8, 4) is 0 Å². The largest absolute Gasteiger partial charge is 0.312 e. The number of nitrogens with zero attached hydrogens (tertiary/aromatic N) is 1. The number of likely N-dealkylation sites (N-methyl/N-ethyl adjacent to an activating group) is 2. The van der Waals surface area contributed by atoms with Gasteiger partial charge in [0.05, 0.1) is 0 Å². The Morgan fingerprint density at radius 3 is 2.25 bits per heavy atom. The molecule has 0 amide bonds. The Morgan fingerprint density at radius 1 is 1.15 bits per heavy atom. The highest BCUT2D eigenvalue weighted by Crippen LogP contribution is 2.23. The SMILES string of the molecule is CCNC(Cc1ccccc1F)C(C)(C)N(CC)CC. The quantitative estimate of drug-likeness (QED) is 0.784. The van der Waals surface area contributed by atoms with Crippen LogP contribution in [0.25, 0.3) is 0 Å². The molecule has 0 aliphatic carbocycles. The number of hydrogen-bond acceptors (Lipinski definition) is 2. The van der Waals surface area contributed by atoms with E-state index in [-0.39, 0.29) is 17.4 Å². The molecule has 0 heterocycles. The number of hydrogen-bond donors (Lipinski definition) is 1. The minimum atomic E-state index is -0.106. The lowest BCUT2D eigenvalue weighted by Gasteiger charge is -2.44. The molecule has 0 saturated heterocycles. The van der Waals surface area contributed by atoms with Gasteiger partial charge in [0.1, 0.15) is 5.82 Å². The molecular formula is C17H29FN2. The van der Waals surface area contributed by atoms with Crippen LogP contribution in [-0.2, 0) is 6.42 Å². The smallest absolute Gasteiger partial charge is 0.126 e. The zero-order valence-electron chi connectivity index (χ0n) is 13.5. The lowest BCUT2D eigenvalue weighted by atomic mass is 9.87. The first-order valence-corrected chi connectivity index (χ1v) is 7.69. The average molecular weight is 280 g/mol. The molecule has 0 aliphatic rings. The average Bonchev–Trinajstić information content (AvgIpc) is 2.41. The Balaban J connectivity index is 2.96. The van der Waals surface area contributed by atoms with Gasteiger partial charge in [-0.05, 0) is 51.5 Å². The highest BCUT2D eigenvalue weighted by molar-refractivity contribution is 5.19. The molecule has 0 fully saturated rings. The highest BCUT2D eigenvalue weighted by atomic mass is 19.1. The Labute approximate surface area is 123 Å². The number of rotatable bonds is 8. The van der Waals surface area contributed by atoms with E-state index in [1.54, 1.807) is 12.1 Å². The maximum absolute atomic E-state index is 13.9. The predicted octanol–water partition coefficient (Wildman–Crippen LogP) is 3.47. The summed E-state index contributed by atoms with van der Waals surface area (Å²) < 4.78 is 13.9. The number of benzene rings is 1. The van der Waals surface area contributed by atoms with Crippen LogP contribution in [0.2, 0.25) is 0 Å². The lowest BCUT2D eigenvalue weighted by Crippen LogP contribution is -2.58. The molecule has 0 spiro atoms. The fraction of sp³-hybridized carbons (Fsp3) is 0.647. The van der Waals surface area contributed by atoms with Crippen molar-refractivity contribution in [2.75, 3.05) is 19.6 Å². The molecule has 20 heavy (non-hydrogen) atoms. The minimum Gasteiger partial charge on any atom is -0.312 e. The molecule has 1 N–H and O–H groups in total. The first-order valence-electron chi connectivity index (χ1n) is 7.69. The number of halogens is 1. The summed E-state index contributed by atoms with van der Waals surface area (Å²) in [6.07, 6.45) is 0.712. The van der Waals surface area contributed by atoms with E-state index in [2.05, 4.69) is 44.8 Å². The zero-order valence-corrected chi connectivity index (χ0v) is 13.5. The van der Waals surface area contributed by atoms with Gasteiger partial charge in [0.2, 0.25) is 0 Å². The first-order chi connectivity index (χ1) is 9.47. The lowest BCUT2D eigenvalue weighted by molar-refractivity contribution is 0.0915. The molecule has 2 nitrogen and oxygen atoms in total. The second-order valence-electron chi connectivity index (χ2n) is 5.73.